The van der Waals surface area contributed by atoms with Crippen molar-refractivity contribution in [3.63, 3.8) is 0 Å². The van der Waals surface area contributed by atoms with Crippen molar-refractivity contribution in [3.05, 3.63) is 82.4 Å². The molecule has 0 fully saturated rings. The lowest BCUT2D eigenvalue weighted by Crippen LogP contribution is -2.24. The maximum Gasteiger partial charge on any atom is 0.341 e. The number of fused-ring (bicyclic) bond motifs is 1. The van der Waals surface area contributed by atoms with Gasteiger partial charge in [0.1, 0.15) is 18.1 Å². The normalized spacial score (nSPS) is 11.3. The Morgan fingerprint density at radius 2 is 1.91 bits per heavy atom. The molecule has 0 aliphatic rings. The van der Waals surface area contributed by atoms with E-state index < -0.39 is 6.03 Å². The predicted octanol–water partition coefficient (Wildman–Crippen LogP) is 5.45. The molecule has 3 N–H and O–H groups in total. The fourth-order valence-corrected chi connectivity index (χ4v) is 4.29. The number of amides is 2. The minimum Gasteiger partial charge on any atom is -0.507 e. The van der Waals surface area contributed by atoms with Gasteiger partial charge in [-0.15, -0.1) is 0 Å². The first kappa shape index (κ1) is 24.5. The zero-order valence-corrected chi connectivity index (χ0v) is 20.7. The van der Waals surface area contributed by atoms with Gasteiger partial charge in [-0.1, -0.05) is 41.1 Å². The summed E-state index contributed by atoms with van der Waals surface area (Å²) >= 11 is 7.27. The van der Waals surface area contributed by atoms with Crippen LogP contribution in [-0.2, 0) is 13.2 Å². The Bertz CT molecular complexity index is 1360. The number of hydrogen-bond acceptors (Lipinski definition) is 7. The molecule has 3 aromatic carbocycles. The summed E-state index contributed by atoms with van der Waals surface area (Å²) in [7, 11) is 4.03. The van der Waals surface area contributed by atoms with Crippen molar-refractivity contribution in [2.24, 2.45) is 5.10 Å². The van der Waals surface area contributed by atoms with Gasteiger partial charge in [-0.2, -0.15) is 5.10 Å². The van der Waals surface area contributed by atoms with E-state index in [1.54, 1.807) is 24.3 Å². The number of urea groups is 1. The Morgan fingerprint density at radius 1 is 1.14 bits per heavy atom. The molecular formula is C25H24ClN5O3S. The minimum absolute atomic E-state index is 0.0238. The molecule has 1 heterocycles. The largest absolute Gasteiger partial charge is 0.507 e. The molecule has 0 unspecified atom stereocenters. The molecule has 8 nitrogen and oxygen atoms in total. The van der Waals surface area contributed by atoms with Crippen LogP contribution in [0.5, 0.6) is 11.5 Å². The number of anilines is 1. The Labute approximate surface area is 211 Å². The molecular weight excluding hydrogens is 486 g/mol. The summed E-state index contributed by atoms with van der Waals surface area (Å²) in [5.41, 5.74) is 5.76. The number of phenolic OH excluding ortho intramolecular Hbond substituents is 1. The molecule has 0 aliphatic heterocycles. The minimum atomic E-state index is -0.531. The molecule has 0 spiro atoms. The number of thiazole rings is 1. The van der Waals surface area contributed by atoms with Crippen molar-refractivity contribution in [1.82, 2.24) is 15.3 Å². The molecule has 0 atom stereocenters. The zero-order valence-electron chi connectivity index (χ0n) is 19.2. The summed E-state index contributed by atoms with van der Waals surface area (Å²) in [5, 5.41) is 18.0. The zero-order chi connectivity index (χ0) is 24.8. The second-order valence-corrected chi connectivity index (χ2v) is 9.49. The average Bonchev–Trinajstić information content (AvgIpc) is 3.21. The van der Waals surface area contributed by atoms with Crippen molar-refractivity contribution >= 4 is 50.5 Å². The molecule has 180 valence electrons. The van der Waals surface area contributed by atoms with Crippen molar-refractivity contribution in [2.45, 2.75) is 13.2 Å². The SMILES string of the molecule is CN(C)Cc1ccc2nc(NC(=O)N/N=C/c3ccc(OCc4ccc(Cl)cc4)cc3O)sc2c1. The third-order valence-electron chi connectivity index (χ3n) is 4.86. The van der Waals surface area contributed by atoms with Gasteiger partial charge in [0.05, 0.1) is 16.4 Å². The first-order valence-electron chi connectivity index (χ1n) is 10.7. The van der Waals surface area contributed by atoms with E-state index in [-0.39, 0.29) is 5.75 Å². The van der Waals surface area contributed by atoms with E-state index in [2.05, 4.69) is 31.8 Å². The van der Waals surface area contributed by atoms with E-state index in [0.717, 1.165) is 22.3 Å². The lowest BCUT2D eigenvalue weighted by atomic mass is 10.2. The number of aromatic nitrogens is 1. The maximum absolute atomic E-state index is 12.2. The number of carbonyl (C=O) groups excluding carboxylic acids is 1. The monoisotopic (exact) mass is 509 g/mol. The van der Waals surface area contributed by atoms with Gasteiger partial charge < -0.3 is 14.7 Å². The Hall–Kier alpha value is -3.66. The second-order valence-electron chi connectivity index (χ2n) is 8.02. The molecule has 0 saturated carbocycles. The fourth-order valence-electron chi connectivity index (χ4n) is 3.24. The number of benzene rings is 3. The first-order chi connectivity index (χ1) is 16.9. The van der Waals surface area contributed by atoms with E-state index in [4.69, 9.17) is 16.3 Å². The maximum atomic E-state index is 12.2. The van der Waals surface area contributed by atoms with Crippen molar-refractivity contribution in [1.29, 1.82) is 0 Å². The highest BCUT2D eigenvalue weighted by Gasteiger charge is 2.09. The fraction of sp³-hybridized carbons (Fsp3) is 0.160. The summed E-state index contributed by atoms with van der Waals surface area (Å²) in [6, 6.07) is 17.7. The molecule has 1 aromatic heterocycles. The summed E-state index contributed by atoms with van der Waals surface area (Å²) in [6.45, 7) is 1.17. The van der Waals surface area contributed by atoms with Crippen molar-refractivity contribution in [2.75, 3.05) is 19.4 Å². The van der Waals surface area contributed by atoms with Crippen LogP contribution in [0.4, 0.5) is 9.93 Å². The number of nitrogens with zero attached hydrogens (tertiary/aromatic N) is 3. The van der Waals surface area contributed by atoms with Crippen LogP contribution in [0.15, 0.2) is 65.8 Å². The van der Waals surface area contributed by atoms with Crippen LogP contribution in [0.25, 0.3) is 10.2 Å². The number of carbonyl (C=O) groups is 1. The Kier molecular flexibility index (Phi) is 7.81. The quantitative estimate of drug-likeness (QED) is 0.216. The van der Waals surface area contributed by atoms with Crippen molar-refractivity contribution < 1.29 is 14.6 Å². The summed E-state index contributed by atoms with van der Waals surface area (Å²) in [5.74, 6) is 0.481. The highest BCUT2D eigenvalue weighted by Crippen LogP contribution is 2.27. The lowest BCUT2D eigenvalue weighted by Gasteiger charge is -2.08. The van der Waals surface area contributed by atoms with Crippen LogP contribution in [0, 0.1) is 0 Å². The lowest BCUT2D eigenvalue weighted by molar-refractivity contribution is 0.252. The molecule has 0 saturated heterocycles. The second kappa shape index (κ2) is 11.2. The molecule has 0 bridgehead atoms. The van der Waals surface area contributed by atoms with Crippen LogP contribution < -0.4 is 15.5 Å². The number of ether oxygens (including phenoxy) is 1. The molecule has 10 heteroatoms. The summed E-state index contributed by atoms with van der Waals surface area (Å²) in [6.07, 6.45) is 1.35. The van der Waals surface area contributed by atoms with E-state index >= 15 is 0 Å². The standard InChI is InChI=1S/C25H24ClN5O3S/c1-31(2)14-17-5-10-21-23(11-17)35-25(28-21)29-24(33)30-27-13-18-6-9-20(12-22(18)32)34-15-16-3-7-19(26)8-4-16/h3-13,32H,14-15H2,1-2H3,(H2,28,29,30,33)/b27-13+. The molecule has 35 heavy (non-hydrogen) atoms. The van der Waals surface area contributed by atoms with E-state index in [1.165, 1.54) is 29.2 Å². The smallest absolute Gasteiger partial charge is 0.341 e. The summed E-state index contributed by atoms with van der Waals surface area (Å²) in [4.78, 5) is 18.7. The van der Waals surface area contributed by atoms with Crippen molar-refractivity contribution in [3.8, 4) is 11.5 Å². The number of hydrogen-bond donors (Lipinski definition) is 3. The van der Waals surface area contributed by atoms with E-state index in [0.29, 0.717) is 28.1 Å². The van der Waals surface area contributed by atoms with E-state index in [1.807, 2.05) is 38.4 Å². The number of hydrazone groups is 1. The van der Waals surface area contributed by atoms with Crippen LogP contribution >= 0.6 is 22.9 Å². The first-order valence-corrected chi connectivity index (χ1v) is 11.9. The van der Waals surface area contributed by atoms with Gasteiger partial charge >= 0.3 is 6.03 Å². The van der Waals surface area contributed by atoms with Crippen LogP contribution in [-0.4, -0.2) is 41.3 Å². The Morgan fingerprint density at radius 3 is 2.66 bits per heavy atom. The highest BCUT2D eigenvalue weighted by atomic mass is 35.5. The molecule has 4 rings (SSSR count). The molecule has 0 aliphatic carbocycles. The van der Waals surface area contributed by atoms with E-state index in [9.17, 15) is 9.90 Å². The molecule has 2 amide bonds. The topological polar surface area (TPSA) is 99.1 Å². The van der Waals surface area contributed by atoms with Gasteiger partial charge in [-0.05, 0) is 61.6 Å². The molecule has 0 radical (unpaired) electrons. The van der Waals surface area contributed by atoms with Gasteiger partial charge in [0.25, 0.3) is 0 Å². The number of halogens is 1. The number of phenols is 1. The van der Waals surface area contributed by atoms with Gasteiger partial charge in [0, 0.05) is 23.2 Å². The highest BCUT2D eigenvalue weighted by molar-refractivity contribution is 7.22. The Balaban J connectivity index is 1.30. The molecule has 4 aromatic rings. The van der Waals surface area contributed by atoms with Crippen LogP contribution in [0.2, 0.25) is 5.02 Å². The van der Waals surface area contributed by atoms with Gasteiger partial charge in [0.15, 0.2) is 5.13 Å². The summed E-state index contributed by atoms with van der Waals surface area (Å²) < 4.78 is 6.68. The van der Waals surface area contributed by atoms with Gasteiger partial charge in [-0.25, -0.2) is 15.2 Å². The predicted molar refractivity (Wildman–Crippen MR) is 141 cm³/mol. The van der Waals surface area contributed by atoms with Gasteiger partial charge in [-0.3, -0.25) is 5.32 Å². The average molecular weight is 510 g/mol. The third-order valence-corrected chi connectivity index (χ3v) is 6.05. The number of rotatable bonds is 8. The third kappa shape index (κ3) is 6.92. The number of aromatic hydroxyl groups is 1. The van der Waals surface area contributed by atoms with Crippen LogP contribution in [0.3, 0.4) is 0 Å². The van der Waals surface area contributed by atoms with Crippen LogP contribution in [0.1, 0.15) is 16.7 Å². The number of nitrogens with one attached hydrogen (secondary N) is 2. The van der Waals surface area contributed by atoms with Gasteiger partial charge in [0.2, 0.25) is 0 Å².